The highest BCUT2D eigenvalue weighted by molar-refractivity contribution is 7.89. The van der Waals surface area contributed by atoms with Gasteiger partial charge in [-0.1, -0.05) is 35.9 Å². The molecule has 0 spiro atoms. The van der Waals surface area contributed by atoms with E-state index < -0.39 is 15.9 Å². The highest BCUT2D eigenvalue weighted by Gasteiger charge is 2.15. The summed E-state index contributed by atoms with van der Waals surface area (Å²) >= 11 is 0. The lowest BCUT2D eigenvalue weighted by Gasteiger charge is -2.08. The highest BCUT2D eigenvalue weighted by Crippen LogP contribution is 2.21. The average Bonchev–Trinajstić information content (AvgIpc) is 3.06. The van der Waals surface area contributed by atoms with Crippen LogP contribution in [-0.4, -0.2) is 24.5 Å². The maximum atomic E-state index is 12.4. The maximum absolute atomic E-state index is 12.4. The second-order valence-corrected chi connectivity index (χ2v) is 7.54. The van der Waals surface area contributed by atoms with Crippen molar-refractivity contribution in [2.45, 2.75) is 18.7 Å². The molecule has 134 valence electrons. The molecular formula is C18H18N4O3S. The largest absolute Gasteiger partial charge is 0.321 e. The summed E-state index contributed by atoms with van der Waals surface area (Å²) < 4.78 is 23.2. The Labute approximate surface area is 151 Å². The zero-order valence-electron chi connectivity index (χ0n) is 14.3. The van der Waals surface area contributed by atoms with E-state index in [9.17, 15) is 13.2 Å². The van der Waals surface area contributed by atoms with Gasteiger partial charge in [0.05, 0.1) is 10.6 Å². The van der Waals surface area contributed by atoms with Crippen LogP contribution in [-0.2, 0) is 10.0 Å². The van der Waals surface area contributed by atoms with E-state index in [0.29, 0.717) is 16.9 Å². The number of nitrogens with two attached hydrogens (primary N) is 1. The van der Waals surface area contributed by atoms with Gasteiger partial charge in [-0.25, -0.2) is 13.6 Å². The molecule has 2 aromatic carbocycles. The van der Waals surface area contributed by atoms with Crippen molar-refractivity contribution in [2.24, 2.45) is 5.14 Å². The summed E-state index contributed by atoms with van der Waals surface area (Å²) in [4.78, 5) is 12.4. The molecule has 1 amide bonds. The van der Waals surface area contributed by atoms with Crippen molar-refractivity contribution < 1.29 is 13.2 Å². The molecule has 0 bridgehead atoms. The van der Waals surface area contributed by atoms with Crippen LogP contribution >= 0.6 is 0 Å². The fourth-order valence-electron chi connectivity index (χ4n) is 2.49. The predicted octanol–water partition coefficient (Wildman–Crippen LogP) is 2.59. The summed E-state index contributed by atoms with van der Waals surface area (Å²) in [5, 5.41) is 14.7. The fourth-order valence-corrected chi connectivity index (χ4v) is 3.30. The lowest BCUT2D eigenvalue weighted by atomic mass is 10.1. The molecule has 0 saturated heterocycles. The minimum absolute atomic E-state index is 0.0275. The quantitative estimate of drug-likeness (QED) is 0.654. The van der Waals surface area contributed by atoms with Gasteiger partial charge in [0.2, 0.25) is 10.0 Å². The van der Waals surface area contributed by atoms with Crippen molar-refractivity contribution in [1.82, 2.24) is 10.2 Å². The number of sulfonamides is 1. The topological polar surface area (TPSA) is 118 Å². The molecule has 3 rings (SSSR count). The number of aryl methyl sites for hydroxylation is 2. The van der Waals surface area contributed by atoms with Gasteiger partial charge in [-0.05, 0) is 37.6 Å². The monoisotopic (exact) mass is 370 g/mol. The molecule has 0 aliphatic rings. The van der Waals surface area contributed by atoms with Crippen molar-refractivity contribution in [3.05, 3.63) is 65.4 Å². The molecule has 7 nitrogen and oxygen atoms in total. The molecule has 8 heteroatoms. The van der Waals surface area contributed by atoms with Crippen LogP contribution in [0, 0.1) is 13.8 Å². The van der Waals surface area contributed by atoms with Crippen LogP contribution in [0.3, 0.4) is 0 Å². The van der Waals surface area contributed by atoms with Gasteiger partial charge in [0.25, 0.3) is 5.91 Å². The molecule has 0 fully saturated rings. The second kappa shape index (κ2) is 6.74. The van der Waals surface area contributed by atoms with Gasteiger partial charge in [-0.15, -0.1) is 0 Å². The predicted molar refractivity (Wildman–Crippen MR) is 99.3 cm³/mol. The summed E-state index contributed by atoms with van der Waals surface area (Å²) in [7, 11) is -3.86. The molecular weight excluding hydrogens is 352 g/mol. The zero-order valence-corrected chi connectivity index (χ0v) is 15.1. The van der Waals surface area contributed by atoms with E-state index >= 15 is 0 Å². The number of hydrogen-bond acceptors (Lipinski definition) is 4. The summed E-state index contributed by atoms with van der Waals surface area (Å²) in [6.07, 6.45) is 0. The van der Waals surface area contributed by atoms with Gasteiger partial charge in [0, 0.05) is 11.3 Å². The van der Waals surface area contributed by atoms with Gasteiger partial charge in [0.1, 0.15) is 5.69 Å². The number of primary sulfonamides is 1. The smallest absolute Gasteiger partial charge is 0.273 e. The van der Waals surface area contributed by atoms with E-state index in [4.69, 9.17) is 5.14 Å². The minimum Gasteiger partial charge on any atom is -0.321 e. The Kier molecular flexibility index (Phi) is 4.62. The Morgan fingerprint density at radius 3 is 2.42 bits per heavy atom. The van der Waals surface area contributed by atoms with Crippen molar-refractivity contribution in [2.75, 3.05) is 5.32 Å². The van der Waals surface area contributed by atoms with Crippen LogP contribution in [0.1, 0.15) is 21.6 Å². The third-order valence-electron chi connectivity index (χ3n) is 3.92. The number of amides is 1. The van der Waals surface area contributed by atoms with Gasteiger partial charge in [-0.3, -0.25) is 9.89 Å². The molecule has 3 aromatic rings. The van der Waals surface area contributed by atoms with Crippen LogP contribution in [0.2, 0.25) is 0 Å². The van der Waals surface area contributed by atoms with Gasteiger partial charge in [0.15, 0.2) is 0 Å². The van der Waals surface area contributed by atoms with Gasteiger partial charge < -0.3 is 5.32 Å². The van der Waals surface area contributed by atoms with Crippen LogP contribution in [0.5, 0.6) is 0 Å². The number of nitrogens with one attached hydrogen (secondary N) is 2. The first-order chi connectivity index (χ1) is 12.2. The molecule has 4 N–H and O–H groups in total. The third kappa shape index (κ3) is 3.81. The number of benzene rings is 2. The van der Waals surface area contributed by atoms with E-state index in [1.807, 2.05) is 31.2 Å². The van der Waals surface area contributed by atoms with Gasteiger partial charge >= 0.3 is 0 Å². The first kappa shape index (κ1) is 17.8. The van der Waals surface area contributed by atoms with E-state index in [1.54, 1.807) is 25.1 Å². The highest BCUT2D eigenvalue weighted by atomic mass is 32.2. The molecule has 26 heavy (non-hydrogen) atoms. The number of nitrogens with zero attached hydrogens (tertiary/aromatic N) is 1. The van der Waals surface area contributed by atoms with Crippen molar-refractivity contribution in [3.8, 4) is 11.3 Å². The van der Waals surface area contributed by atoms with Crippen LogP contribution in [0.4, 0.5) is 5.69 Å². The molecule has 0 unspecified atom stereocenters. The summed E-state index contributed by atoms with van der Waals surface area (Å²) in [6.45, 7) is 3.62. The maximum Gasteiger partial charge on any atom is 0.273 e. The first-order valence-electron chi connectivity index (χ1n) is 7.81. The Hall–Kier alpha value is -2.97. The molecule has 0 saturated carbocycles. The third-order valence-corrected chi connectivity index (χ3v) is 4.98. The minimum atomic E-state index is -3.86. The molecule has 1 heterocycles. The summed E-state index contributed by atoms with van der Waals surface area (Å²) in [6, 6.07) is 13.9. The van der Waals surface area contributed by atoms with Crippen molar-refractivity contribution >= 4 is 21.6 Å². The Morgan fingerprint density at radius 2 is 1.77 bits per heavy atom. The molecule has 1 aromatic heterocycles. The molecule has 0 radical (unpaired) electrons. The Bertz CT molecular complexity index is 1070. The standard InChI is InChI=1S/C18H18N4O3S/c1-11-3-6-13(7-4-11)15-10-16(22-21-15)18(23)20-14-8-5-12(2)17(9-14)26(19,24)25/h3-10H,1-2H3,(H,20,23)(H,21,22)(H2,19,24,25). The molecule has 0 atom stereocenters. The SMILES string of the molecule is Cc1ccc(-c2cc(C(=O)Nc3ccc(C)c(S(N)(=O)=O)c3)[nH]n2)cc1. The Morgan fingerprint density at radius 1 is 1.08 bits per heavy atom. The van der Waals surface area contributed by atoms with Crippen molar-refractivity contribution in [1.29, 1.82) is 0 Å². The van der Waals surface area contributed by atoms with E-state index in [-0.39, 0.29) is 10.6 Å². The van der Waals surface area contributed by atoms with Gasteiger partial charge in [-0.2, -0.15) is 5.10 Å². The number of H-pyrrole nitrogens is 1. The van der Waals surface area contributed by atoms with Crippen molar-refractivity contribution in [3.63, 3.8) is 0 Å². The summed E-state index contributed by atoms with van der Waals surface area (Å²) in [5.41, 5.74) is 3.76. The fraction of sp³-hybridized carbons (Fsp3) is 0.111. The number of aromatic nitrogens is 2. The zero-order chi connectivity index (χ0) is 18.9. The lowest BCUT2D eigenvalue weighted by molar-refractivity contribution is 0.102. The van der Waals surface area contributed by atoms with E-state index in [2.05, 4.69) is 15.5 Å². The molecule has 0 aliphatic heterocycles. The number of aromatic amines is 1. The van der Waals surface area contributed by atoms with Crippen LogP contribution in [0.15, 0.2) is 53.4 Å². The first-order valence-corrected chi connectivity index (χ1v) is 9.36. The number of hydrogen-bond donors (Lipinski definition) is 3. The van der Waals surface area contributed by atoms with Crippen LogP contribution < -0.4 is 10.5 Å². The average molecular weight is 370 g/mol. The second-order valence-electron chi connectivity index (χ2n) is 6.01. The van der Waals surface area contributed by atoms with E-state index in [1.165, 1.54) is 6.07 Å². The summed E-state index contributed by atoms with van der Waals surface area (Å²) in [5.74, 6) is -0.430. The van der Waals surface area contributed by atoms with E-state index in [0.717, 1.165) is 11.1 Å². The number of carbonyl (C=O) groups excluding carboxylic acids is 1. The number of carbonyl (C=O) groups is 1. The number of anilines is 1. The molecule has 0 aliphatic carbocycles. The Balaban J connectivity index is 1.82. The number of rotatable bonds is 4. The van der Waals surface area contributed by atoms with Crippen LogP contribution in [0.25, 0.3) is 11.3 Å². The normalized spacial score (nSPS) is 11.3. The lowest BCUT2D eigenvalue weighted by Crippen LogP contribution is -2.16.